The monoisotopic (exact) mass is 612 g/mol. The minimum Gasteiger partial charge on any atom is -0.422 e. The first-order chi connectivity index (χ1) is 21.1. The molecule has 0 spiro atoms. The van der Waals surface area contributed by atoms with Gasteiger partial charge in [0.25, 0.3) is 0 Å². The molecule has 0 N–H and O–H groups in total. The summed E-state index contributed by atoms with van der Waals surface area (Å²) in [5.41, 5.74) is -0.859. The van der Waals surface area contributed by atoms with E-state index in [1.54, 1.807) is 12.1 Å². The fourth-order valence-electron chi connectivity index (χ4n) is 5.19. The lowest BCUT2D eigenvalue weighted by Crippen LogP contribution is -2.28. The molecule has 0 bridgehead atoms. The van der Waals surface area contributed by atoms with Crippen molar-refractivity contribution in [1.29, 1.82) is 0 Å². The number of para-hydroxylation sites is 3. The summed E-state index contributed by atoms with van der Waals surface area (Å²) in [6, 6.07) is 34.2. The molecule has 0 aliphatic carbocycles. The van der Waals surface area contributed by atoms with Gasteiger partial charge in [-0.25, -0.2) is 9.78 Å². The number of hydrogen-bond donors (Lipinski definition) is 0. The number of rotatable bonds is 5. The van der Waals surface area contributed by atoms with Crippen LogP contribution in [0.2, 0.25) is 0 Å². The lowest BCUT2D eigenvalue weighted by Gasteiger charge is -2.11. The summed E-state index contributed by atoms with van der Waals surface area (Å²) in [5.74, 6) is 0.130. The van der Waals surface area contributed by atoms with E-state index >= 15 is 0 Å². The number of imidazole rings is 1. The zero-order valence-corrected chi connectivity index (χ0v) is 23.3. The highest BCUT2D eigenvalue weighted by atomic mass is 32.2. The van der Waals surface area contributed by atoms with Crippen LogP contribution < -0.4 is 9.81 Å². The van der Waals surface area contributed by atoms with Crippen molar-refractivity contribution in [2.75, 3.05) is 0 Å². The predicted molar refractivity (Wildman–Crippen MR) is 161 cm³/mol. The summed E-state index contributed by atoms with van der Waals surface area (Å²) in [4.78, 5) is 17.7. The smallest absolute Gasteiger partial charge is 0.422 e. The molecule has 11 heteroatoms. The molecule has 2 aromatic heterocycles. The second-order valence-corrected chi connectivity index (χ2v) is 11.5. The first-order valence-electron chi connectivity index (χ1n) is 13.2. The van der Waals surface area contributed by atoms with E-state index in [1.807, 2.05) is 84.9 Å². The summed E-state index contributed by atoms with van der Waals surface area (Å²) in [5, 5.41) is 0.766. The minimum absolute atomic E-state index is 0.120. The highest BCUT2D eigenvalue weighted by molar-refractivity contribution is 7.88. The topological polar surface area (TPSA) is 91.4 Å². The lowest BCUT2D eigenvalue weighted by atomic mass is 10.0. The Kier molecular flexibility index (Phi) is 6.29. The predicted octanol–water partition coefficient (Wildman–Crippen LogP) is 7.85. The van der Waals surface area contributed by atoms with E-state index in [2.05, 4.69) is 8.75 Å². The van der Waals surface area contributed by atoms with E-state index in [9.17, 15) is 26.4 Å². The second-order valence-electron chi connectivity index (χ2n) is 9.96. The van der Waals surface area contributed by atoms with Gasteiger partial charge in [0.05, 0.1) is 16.4 Å². The molecule has 7 aromatic rings. The average molecular weight is 613 g/mol. The van der Waals surface area contributed by atoms with Crippen molar-refractivity contribution in [3.05, 3.63) is 126 Å². The van der Waals surface area contributed by atoms with Crippen LogP contribution in [0.25, 0.3) is 61.0 Å². The summed E-state index contributed by atoms with van der Waals surface area (Å²) < 4.78 is 72.8. The molecular formula is C33H19F3N2O5S. The highest BCUT2D eigenvalue weighted by Gasteiger charge is 2.48. The highest BCUT2D eigenvalue weighted by Crippen LogP contribution is 2.34. The van der Waals surface area contributed by atoms with Crippen molar-refractivity contribution in [2.45, 2.75) is 5.51 Å². The molecule has 7 rings (SSSR count). The Morgan fingerprint density at radius 2 is 1.36 bits per heavy atom. The fraction of sp³-hybridized carbons (Fsp3) is 0.0303. The summed E-state index contributed by atoms with van der Waals surface area (Å²) in [6.07, 6.45) is 0. The van der Waals surface area contributed by atoms with Crippen LogP contribution in [0.4, 0.5) is 13.2 Å². The van der Waals surface area contributed by atoms with E-state index in [0.717, 1.165) is 51.4 Å². The number of aromatic nitrogens is 2. The van der Waals surface area contributed by atoms with Crippen LogP contribution in [-0.2, 0) is 10.1 Å². The van der Waals surface area contributed by atoms with Crippen LogP contribution in [0.5, 0.6) is 5.75 Å². The molecular weight excluding hydrogens is 593 g/mol. The van der Waals surface area contributed by atoms with Crippen LogP contribution in [0, 0.1) is 0 Å². The van der Waals surface area contributed by atoms with Crippen molar-refractivity contribution in [1.82, 2.24) is 9.55 Å². The zero-order chi connectivity index (χ0) is 30.6. The molecule has 44 heavy (non-hydrogen) atoms. The third-order valence-electron chi connectivity index (χ3n) is 7.23. The number of fused-ring (bicyclic) bond motifs is 4. The number of benzene rings is 5. The van der Waals surface area contributed by atoms with Gasteiger partial charge < -0.3 is 8.60 Å². The lowest BCUT2D eigenvalue weighted by molar-refractivity contribution is -0.0500. The largest absolute Gasteiger partial charge is 0.534 e. The molecule has 0 aliphatic heterocycles. The van der Waals surface area contributed by atoms with Gasteiger partial charge in [-0.1, -0.05) is 60.7 Å². The Bertz CT molecular complexity index is 2380. The van der Waals surface area contributed by atoms with Gasteiger partial charge in [-0.3, -0.25) is 4.57 Å². The molecule has 0 atom stereocenters. The van der Waals surface area contributed by atoms with Crippen LogP contribution >= 0.6 is 0 Å². The third kappa shape index (κ3) is 4.67. The number of nitrogens with zero attached hydrogens (tertiary/aromatic N) is 2. The molecule has 0 saturated carbocycles. The van der Waals surface area contributed by atoms with Crippen LogP contribution in [0.15, 0.2) is 124 Å². The molecule has 2 heterocycles. The zero-order valence-electron chi connectivity index (χ0n) is 22.4. The van der Waals surface area contributed by atoms with Crippen molar-refractivity contribution in [3.63, 3.8) is 0 Å². The summed E-state index contributed by atoms with van der Waals surface area (Å²) in [6.45, 7) is 0. The van der Waals surface area contributed by atoms with Crippen molar-refractivity contribution in [3.8, 4) is 34.0 Å². The van der Waals surface area contributed by atoms with E-state index in [4.69, 9.17) is 9.40 Å². The second kappa shape index (κ2) is 10.1. The van der Waals surface area contributed by atoms with Gasteiger partial charge in [-0.15, -0.1) is 0 Å². The van der Waals surface area contributed by atoms with Gasteiger partial charge in [-0.05, 0) is 65.7 Å². The molecule has 0 saturated heterocycles. The number of halogens is 3. The summed E-state index contributed by atoms with van der Waals surface area (Å²) in [7, 11) is -5.89. The quantitative estimate of drug-likeness (QED) is 0.0851. The van der Waals surface area contributed by atoms with Crippen molar-refractivity contribution < 1.29 is 30.2 Å². The Balaban J connectivity index is 1.25. The van der Waals surface area contributed by atoms with Crippen molar-refractivity contribution in [2.24, 2.45) is 0 Å². The molecule has 5 aromatic carbocycles. The maximum Gasteiger partial charge on any atom is 0.534 e. The Labute approximate surface area is 247 Å². The first-order valence-corrected chi connectivity index (χ1v) is 14.6. The first kappa shape index (κ1) is 27.4. The molecule has 0 unspecified atom stereocenters. The van der Waals surface area contributed by atoms with Crippen LogP contribution in [-0.4, -0.2) is 23.5 Å². The van der Waals surface area contributed by atoms with Gasteiger partial charge in [0, 0.05) is 22.0 Å². The fourth-order valence-corrected chi connectivity index (χ4v) is 5.64. The molecule has 0 aliphatic rings. The van der Waals surface area contributed by atoms with E-state index in [-0.39, 0.29) is 11.0 Å². The van der Waals surface area contributed by atoms with Gasteiger partial charge >= 0.3 is 21.3 Å². The van der Waals surface area contributed by atoms with Crippen molar-refractivity contribution >= 4 is 42.9 Å². The number of alkyl halides is 3. The molecule has 0 radical (unpaired) electrons. The summed E-state index contributed by atoms with van der Waals surface area (Å²) >= 11 is 0. The Morgan fingerprint density at radius 3 is 2.11 bits per heavy atom. The Hall–Kier alpha value is -5.42. The van der Waals surface area contributed by atoms with E-state index in [0.29, 0.717) is 10.8 Å². The van der Waals surface area contributed by atoms with Gasteiger partial charge in [-0.2, -0.15) is 21.6 Å². The molecule has 0 fully saturated rings. The van der Waals surface area contributed by atoms with Crippen LogP contribution in [0.3, 0.4) is 0 Å². The maximum absolute atomic E-state index is 12.8. The number of hydrogen-bond acceptors (Lipinski definition) is 6. The normalized spacial score (nSPS) is 12.2. The molecule has 0 amide bonds. The minimum atomic E-state index is -5.89. The maximum atomic E-state index is 12.8. The standard InChI is InChI=1S/C33H19F3N2O5S/c34-33(35,36)44(40,41)43-24-15-17-25-26-16-14-22(18-30(26)42-32(39)27(25)19-24)20-10-12-21(13-11-20)31-37-28-8-4-5-9-29(28)38(31)23-6-2-1-3-7-23/h1-19H. The van der Waals surface area contributed by atoms with Gasteiger partial charge in [0.2, 0.25) is 0 Å². The SMILES string of the molecule is O=c1oc2cc(-c3ccc(-c4nc5ccccc5n4-c4ccccc4)cc3)ccc2c2ccc(OS(=O)(=O)C(F)(F)F)cc12. The van der Waals surface area contributed by atoms with Crippen LogP contribution in [0.1, 0.15) is 0 Å². The third-order valence-corrected chi connectivity index (χ3v) is 8.21. The molecule has 218 valence electrons. The van der Waals surface area contributed by atoms with Gasteiger partial charge in [0.1, 0.15) is 17.2 Å². The average Bonchev–Trinajstić information content (AvgIpc) is 3.40. The Morgan fingerprint density at radius 1 is 0.705 bits per heavy atom. The van der Waals surface area contributed by atoms with Gasteiger partial charge in [0.15, 0.2) is 0 Å². The molecule has 7 nitrogen and oxygen atoms in total. The van der Waals surface area contributed by atoms with E-state index < -0.39 is 27.0 Å². The van der Waals surface area contributed by atoms with E-state index in [1.165, 1.54) is 6.07 Å².